The van der Waals surface area contributed by atoms with Crippen LogP contribution in [0.2, 0.25) is 0 Å². The topological polar surface area (TPSA) is 81.4 Å². The van der Waals surface area contributed by atoms with Crippen molar-refractivity contribution in [2.45, 2.75) is 6.42 Å². The van der Waals surface area contributed by atoms with Crippen molar-refractivity contribution in [3.63, 3.8) is 0 Å². The van der Waals surface area contributed by atoms with E-state index in [2.05, 4.69) is 10.1 Å². The molecular formula is C11H13FN2O3. The number of anilines is 1. The number of carbonyl (C=O) groups excluding carboxylic acids is 2. The third-order valence-electron chi connectivity index (χ3n) is 2.03. The highest BCUT2D eigenvalue weighted by molar-refractivity contribution is 5.94. The average Bonchev–Trinajstić information content (AvgIpc) is 2.31. The molecule has 0 saturated carbocycles. The van der Waals surface area contributed by atoms with Gasteiger partial charge < -0.3 is 15.8 Å². The van der Waals surface area contributed by atoms with Gasteiger partial charge in [0.05, 0.1) is 12.7 Å². The van der Waals surface area contributed by atoms with Crippen molar-refractivity contribution in [2.24, 2.45) is 5.73 Å². The predicted octanol–water partition coefficient (Wildman–Crippen LogP) is 0.900. The molecule has 0 spiro atoms. The summed E-state index contributed by atoms with van der Waals surface area (Å²) in [4.78, 5) is 22.5. The summed E-state index contributed by atoms with van der Waals surface area (Å²) in [7, 11) is 1.15. The molecule has 5 nitrogen and oxygen atoms in total. The summed E-state index contributed by atoms with van der Waals surface area (Å²) in [6, 6.07) is 3.66. The lowest BCUT2D eigenvalue weighted by Crippen LogP contribution is -2.16. The highest BCUT2D eigenvalue weighted by atomic mass is 19.1. The van der Waals surface area contributed by atoms with E-state index in [0.717, 1.165) is 13.2 Å². The zero-order valence-electron chi connectivity index (χ0n) is 9.33. The number of halogens is 1. The molecule has 0 aromatic heterocycles. The standard InChI is InChI=1S/C11H13FN2O3/c1-17-11(16)8-6-7(2-3-9(8)12)14-10(15)4-5-13/h2-3,6H,4-5,13H2,1H3,(H,14,15). The molecule has 6 heteroatoms. The first-order valence-corrected chi connectivity index (χ1v) is 4.96. The summed E-state index contributed by atoms with van der Waals surface area (Å²) in [6.07, 6.45) is 0.158. The molecule has 92 valence electrons. The first-order chi connectivity index (χ1) is 8.08. The van der Waals surface area contributed by atoms with Gasteiger partial charge in [-0.15, -0.1) is 0 Å². The molecule has 0 radical (unpaired) electrons. The highest BCUT2D eigenvalue weighted by Gasteiger charge is 2.13. The van der Waals surface area contributed by atoms with Crippen LogP contribution in [0.3, 0.4) is 0 Å². The SMILES string of the molecule is COC(=O)c1cc(NC(=O)CCN)ccc1F. The lowest BCUT2D eigenvalue weighted by atomic mass is 10.2. The van der Waals surface area contributed by atoms with Crippen LogP contribution in [0.1, 0.15) is 16.8 Å². The van der Waals surface area contributed by atoms with E-state index >= 15 is 0 Å². The summed E-state index contributed by atoms with van der Waals surface area (Å²) in [5.41, 5.74) is 5.31. The minimum absolute atomic E-state index is 0.158. The van der Waals surface area contributed by atoms with Gasteiger partial charge in [0, 0.05) is 18.7 Å². The van der Waals surface area contributed by atoms with Crippen LogP contribution >= 0.6 is 0 Å². The van der Waals surface area contributed by atoms with Gasteiger partial charge in [-0.05, 0) is 18.2 Å². The molecule has 0 heterocycles. The van der Waals surface area contributed by atoms with Gasteiger partial charge in [0.1, 0.15) is 5.82 Å². The van der Waals surface area contributed by atoms with Crippen LogP contribution in [0.25, 0.3) is 0 Å². The van der Waals surface area contributed by atoms with Crippen molar-refractivity contribution in [1.29, 1.82) is 0 Å². The van der Waals surface area contributed by atoms with Crippen molar-refractivity contribution < 1.29 is 18.7 Å². The van der Waals surface area contributed by atoms with Gasteiger partial charge in [-0.1, -0.05) is 0 Å². The first kappa shape index (κ1) is 13.1. The summed E-state index contributed by atoms with van der Waals surface area (Å²) in [6.45, 7) is 0.219. The van der Waals surface area contributed by atoms with Crippen LogP contribution in [-0.2, 0) is 9.53 Å². The molecule has 0 saturated heterocycles. The van der Waals surface area contributed by atoms with Gasteiger partial charge in [0.2, 0.25) is 5.91 Å². The molecule has 0 unspecified atom stereocenters. The molecule has 0 bridgehead atoms. The lowest BCUT2D eigenvalue weighted by molar-refractivity contribution is -0.116. The van der Waals surface area contributed by atoms with E-state index < -0.39 is 11.8 Å². The fraction of sp³-hybridized carbons (Fsp3) is 0.273. The number of hydrogen-bond acceptors (Lipinski definition) is 4. The van der Waals surface area contributed by atoms with E-state index in [4.69, 9.17) is 5.73 Å². The molecule has 0 fully saturated rings. The maximum Gasteiger partial charge on any atom is 0.340 e. The Bertz CT molecular complexity index is 435. The van der Waals surface area contributed by atoms with Crippen molar-refractivity contribution in [1.82, 2.24) is 0 Å². The van der Waals surface area contributed by atoms with Gasteiger partial charge in [-0.25, -0.2) is 9.18 Å². The number of carbonyl (C=O) groups is 2. The maximum atomic E-state index is 13.3. The zero-order valence-corrected chi connectivity index (χ0v) is 9.33. The van der Waals surface area contributed by atoms with Crippen molar-refractivity contribution >= 4 is 17.6 Å². The summed E-state index contributed by atoms with van der Waals surface area (Å²) < 4.78 is 17.7. The number of ether oxygens (including phenoxy) is 1. The van der Waals surface area contributed by atoms with E-state index in [1.54, 1.807) is 0 Å². The van der Waals surface area contributed by atoms with Crippen LogP contribution < -0.4 is 11.1 Å². The van der Waals surface area contributed by atoms with E-state index in [0.29, 0.717) is 5.69 Å². The van der Waals surface area contributed by atoms with Gasteiger partial charge >= 0.3 is 5.97 Å². The minimum atomic E-state index is -0.794. The maximum absolute atomic E-state index is 13.3. The molecule has 0 aliphatic heterocycles. The Balaban J connectivity index is 2.89. The van der Waals surface area contributed by atoms with Crippen LogP contribution in [-0.4, -0.2) is 25.5 Å². The van der Waals surface area contributed by atoms with Gasteiger partial charge in [-0.2, -0.15) is 0 Å². The van der Waals surface area contributed by atoms with E-state index in [-0.39, 0.29) is 24.4 Å². The summed E-state index contributed by atoms with van der Waals surface area (Å²) in [5.74, 6) is -1.79. The van der Waals surface area contributed by atoms with Crippen LogP contribution in [0.5, 0.6) is 0 Å². The molecule has 1 aromatic carbocycles. The van der Waals surface area contributed by atoms with Crippen LogP contribution in [0, 0.1) is 5.82 Å². The Hall–Kier alpha value is -1.95. The van der Waals surface area contributed by atoms with Crippen LogP contribution in [0.15, 0.2) is 18.2 Å². The van der Waals surface area contributed by atoms with Gasteiger partial charge in [-0.3, -0.25) is 4.79 Å². The number of methoxy groups -OCH3 is 1. The normalized spacial score (nSPS) is 9.82. The van der Waals surface area contributed by atoms with Gasteiger partial charge in [0.25, 0.3) is 0 Å². The second kappa shape index (κ2) is 5.95. The Labute approximate surface area is 97.7 Å². The number of nitrogens with two attached hydrogens (primary N) is 1. The molecule has 1 aromatic rings. The largest absolute Gasteiger partial charge is 0.465 e. The van der Waals surface area contributed by atoms with E-state index in [1.165, 1.54) is 12.1 Å². The molecule has 0 aliphatic carbocycles. The number of nitrogens with one attached hydrogen (secondary N) is 1. The van der Waals surface area contributed by atoms with Crippen molar-refractivity contribution in [2.75, 3.05) is 19.0 Å². The fourth-order valence-electron chi connectivity index (χ4n) is 1.22. The Morgan fingerprint density at radius 3 is 2.76 bits per heavy atom. The summed E-state index contributed by atoms with van der Waals surface area (Å²) in [5, 5.41) is 2.50. The van der Waals surface area contributed by atoms with Crippen molar-refractivity contribution in [3.05, 3.63) is 29.6 Å². The average molecular weight is 240 g/mol. The molecule has 3 N–H and O–H groups in total. The lowest BCUT2D eigenvalue weighted by Gasteiger charge is -2.06. The summed E-state index contributed by atoms with van der Waals surface area (Å²) >= 11 is 0. The third kappa shape index (κ3) is 3.53. The van der Waals surface area contributed by atoms with E-state index in [1.807, 2.05) is 0 Å². The number of benzene rings is 1. The highest BCUT2D eigenvalue weighted by Crippen LogP contribution is 2.15. The fourth-order valence-corrected chi connectivity index (χ4v) is 1.22. The number of hydrogen-bond donors (Lipinski definition) is 2. The molecule has 17 heavy (non-hydrogen) atoms. The predicted molar refractivity (Wildman–Crippen MR) is 60.0 cm³/mol. The van der Waals surface area contributed by atoms with E-state index in [9.17, 15) is 14.0 Å². The molecule has 1 amide bonds. The van der Waals surface area contributed by atoms with Crippen molar-refractivity contribution in [3.8, 4) is 0 Å². The molecule has 0 atom stereocenters. The Kier molecular flexibility index (Phi) is 4.59. The monoisotopic (exact) mass is 240 g/mol. The third-order valence-corrected chi connectivity index (χ3v) is 2.03. The smallest absolute Gasteiger partial charge is 0.340 e. The number of esters is 1. The molecular weight excluding hydrogens is 227 g/mol. The zero-order chi connectivity index (χ0) is 12.8. The minimum Gasteiger partial charge on any atom is -0.465 e. The second-order valence-corrected chi connectivity index (χ2v) is 3.27. The molecule has 0 aliphatic rings. The van der Waals surface area contributed by atoms with Gasteiger partial charge in [0.15, 0.2) is 0 Å². The number of rotatable bonds is 4. The Morgan fingerprint density at radius 1 is 1.47 bits per heavy atom. The molecule has 1 rings (SSSR count). The number of amides is 1. The van der Waals surface area contributed by atoms with Crippen LogP contribution in [0.4, 0.5) is 10.1 Å². The quantitative estimate of drug-likeness (QED) is 0.766. The first-order valence-electron chi connectivity index (χ1n) is 4.96. The second-order valence-electron chi connectivity index (χ2n) is 3.27. The Morgan fingerprint density at radius 2 is 2.18 bits per heavy atom.